The molecule has 2 aliphatic rings. The van der Waals surface area contributed by atoms with Crippen LogP contribution in [0.5, 0.6) is 17.2 Å². The molecule has 0 saturated carbocycles. The minimum atomic E-state index is -0.640. The zero-order valence-corrected chi connectivity index (χ0v) is 19.1. The quantitative estimate of drug-likeness (QED) is 0.588. The molecular formula is C27H26N2O5. The summed E-state index contributed by atoms with van der Waals surface area (Å²) in [6.45, 7) is 0.549. The highest BCUT2D eigenvalue weighted by Crippen LogP contribution is 2.45. The topological polar surface area (TPSA) is 79.3 Å². The molecule has 2 amide bonds. The Labute approximate surface area is 198 Å². The van der Waals surface area contributed by atoms with E-state index < -0.39 is 12.1 Å². The Kier molecular flexibility index (Phi) is 5.71. The molecule has 5 rings (SSSR count). The molecule has 2 heterocycles. The van der Waals surface area contributed by atoms with Gasteiger partial charge in [-0.1, -0.05) is 36.4 Å². The van der Waals surface area contributed by atoms with E-state index in [4.69, 9.17) is 9.47 Å². The van der Waals surface area contributed by atoms with Crippen LogP contribution in [0.15, 0.2) is 66.7 Å². The Morgan fingerprint density at radius 3 is 2.26 bits per heavy atom. The number of hydrogen-bond donors (Lipinski definition) is 1. The number of carbonyl (C=O) groups excluding carboxylic acids is 2. The van der Waals surface area contributed by atoms with Crippen LogP contribution in [-0.2, 0) is 16.0 Å². The summed E-state index contributed by atoms with van der Waals surface area (Å²) in [6, 6.07) is 18.9. The number of phenols is 1. The number of fused-ring (bicyclic) bond motifs is 1. The van der Waals surface area contributed by atoms with Gasteiger partial charge in [-0.25, -0.2) is 4.90 Å². The SMILES string of the molecule is COc1cc2c(cc1OC)[C@@H](c1ccccc1O)N([C@@H]1CC(=O)N(c3ccccc3)C1=O)CC2. The predicted molar refractivity (Wildman–Crippen MR) is 127 cm³/mol. The summed E-state index contributed by atoms with van der Waals surface area (Å²) in [5.74, 6) is 0.865. The molecule has 0 unspecified atom stereocenters. The van der Waals surface area contributed by atoms with Gasteiger partial charge in [-0.05, 0) is 47.9 Å². The van der Waals surface area contributed by atoms with Crippen LogP contribution < -0.4 is 14.4 Å². The lowest BCUT2D eigenvalue weighted by molar-refractivity contribution is -0.123. The Bertz CT molecular complexity index is 1240. The smallest absolute Gasteiger partial charge is 0.251 e. The van der Waals surface area contributed by atoms with Gasteiger partial charge in [0, 0.05) is 12.1 Å². The number of amides is 2. The zero-order chi connectivity index (χ0) is 23.8. The van der Waals surface area contributed by atoms with Crippen LogP contribution in [0.2, 0.25) is 0 Å². The molecule has 1 fully saturated rings. The summed E-state index contributed by atoms with van der Waals surface area (Å²) in [5.41, 5.74) is 3.22. The first-order chi connectivity index (χ1) is 16.5. The first kappa shape index (κ1) is 22.0. The molecule has 3 aromatic rings. The van der Waals surface area contributed by atoms with Crippen LogP contribution in [0.4, 0.5) is 5.69 Å². The van der Waals surface area contributed by atoms with Crippen molar-refractivity contribution in [1.82, 2.24) is 4.90 Å². The highest BCUT2D eigenvalue weighted by atomic mass is 16.5. The number of ether oxygens (including phenoxy) is 2. The summed E-state index contributed by atoms with van der Waals surface area (Å²) >= 11 is 0. The zero-order valence-electron chi connectivity index (χ0n) is 19.1. The standard InChI is InChI=1S/C27H26N2O5/c1-33-23-14-17-12-13-28(21-16-25(31)29(27(21)32)18-8-4-3-5-9-18)26(20(17)15-24(23)34-2)19-10-6-7-11-22(19)30/h3-11,14-15,21,26,30H,12-13,16H2,1-2H3/t21-,26-/m1/s1. The maximum absolute atomic E-state index is 13.6. The highest BCUT2D eigenvalue weighted by Gasteiger charge is 2.47. The van der Waals surface area contributed by atoms with Gasteiger partial charge in [0.1, 0.15) is 5.75 Å². The summed E-state index contributed by atoms with van der Waals surface area (Å²) < 4.78 is 11.0. The minimum absolute atomic E-state index is 0.0838. The van der Waals surface area contributed by atoms with E-state index in [-0.39, 0.29) is 24.0 Å². The average Bonchev–Trinajstić information content (AvgIpc) is 3.16. The average molecular weight is 459 g/mol. The van der Waals surface area contributed by atoms with Gasteiger partial charge in [-0.2, -0.15) is 0 Å². The Hall–Kier alpha value is -3.84. The van der Waals surface area contributed by atoms with Crippen molar-refractivity contribution >= 4 is 17.5 Å². The number of nitrogens with zero attached hydrogens (tertiary/aromatic N) is 2. The molecule has 2 atom stereocenters. The third kappa shape index (κ3) is 3.58. The number of hydrogen-bond acceptors (Lipinski definition) is 6. The Balaban J connectivity index is 1.61. The fourth-order valence-corrected chi connectivity index (χ4v) is 5.09. The first-order valence-corrected chi connectivity index (χ1v) is 11.2. The summed E-state index contributed by atoms with van der Waals surface area (Å²) in [4.78, 5) is 29.8. The maximum Gasteiger partial charge on any atom is 0.251 e. The van der Waals surface area contributed by atoms with E-state index in [1.165, 1.54) is 4.90 Å². The highest BCUT2D eigenvalue weighted by molar-refractivity contribution is 6.22. The van der Waals surface area contributed by atoms with E-state index in [1.807, 2.05) is 47.4 Å². The molecule has 7 heteroatoms. The van der Waals surface area contributed by atoms with Crippen LogP contribution in [0.1, 0.15) is 29.2 Å². The minimum Gasteiger partial charge on any atom is -0.508 e. The van der Waals surface area contributed by atoms with Crippen molar-refractivity contribution in [1.29, 1.82) is 0 Å². The maximum atomic E-state index is 13.6. The van der Waals surface area contributed by atoms with Crippen LogP contribution in [-0.4, -0.2) is 48.6 Å². The van der Waals surface area contributed by atoms with Crippen molar-refractivity contribution in [2.24, 2.45) is 0 Å². The first-order valence-electron chi connectivity index (χ1n) is 11.2. The fourth-order valence-electron chi connectivity index (χ4n) is 5.09. The predicted octanol–water partition coefficient (Wildman–Crippen LogP) is 3.69. The van der Waals surface area contributed by atoms with Crippen molar-refractivity contribution < 1.29 is 24.2 Å². The van der Waals surface area contributed by atoms with Gasteiger partial charge in [-0.15, -0.1) is 0 Å². The fraction of sp³-hybridized carbons (Fsp3) is 0.259. The normalized spacial score (nSPS) is 20.4. The van der Waals surface area contributed by atoms with E-state index in [9.17, 15) is 14.7 Å². The van der Waals surface area contributed by atoms with Gasteiger partial charge in [0.05, 0.1) is 38.4 Å². The number of benzene rings is 3. The molecular weight excluding hydrogens is 432 g/mol. The van der Waals surface area contributed by atoms with Crippen molar-refractivity contribution in [2.75, 3.05) is 25.7 Å². The second-order valence-corrected chi connectivity index (χ2v) is 8.48. The lowest BCUT2D eigenvalue weighted by Gasteiger charge is -2.40. The molecule has 7 nitrogen and oxygen atoms in total. The molecule has 1 N–H and O–H groups in total. The molecule has 3 aromatic carbocycles. The van der Waals surface area contributed by atoms with Crippen LogP contribution in [0.3, 0.4) is 0 Å². The van der Waals surface area contributed by atoms with Gasteiger partial charge in [0.25, 0.3) is 5.91 Å². The van der Waals surface area contributed by atoms with Crippen molar-refractivity contribution in [2.45, 2.75) is 24.9 Å². The van der Waals surface area contributed by atoms with E-state index in [0.29, 0.717) is 35.7 Å². The molecule has 34 heavy (non-hydrogen) atoms. The number of methoxy groups -OCH3 is 2. The molecule has 0 radical (unpaired) electrons. The third-order valence-corrected chi connectivity index (χ3v) is 6.68. The second-order valence-electron chi connectivity index (χ2n) is 8.48. The molecule has 0 aromatic heterocycles. The number of imide groups is 1. The number of phenolic OH excluding ortho intramolecular Hbond substituents is 1. The molecule has 174 valence electrons. The summed E-state index contributed by atoms with van der Waals surface area (Å²) in [7, 11) is 3.18. The van der Waals surface area contributed by atoms with Crippen molar-refractivity contribution in [3.8, 4) is 17.2 Å². The van der Waals surface area contributed by atoms with Gasteiger partial charge in [0.15, 0.2) is 11.5 Å². The van der Waals surface area contributed by atoms with Crippen LogP contribution in [0, 0.1) is 0 Å². The van der Waals surface area contributed by atoms with E-state index in [1.54, 1.807) is 38.5 Å². The number of para-hydroxylation sites is 2. The number of rotatable bonds is 5. The second kappa shape index (κ2) is 8.83. The lowest BCUT2D eigenvalue weighted by atomic mass is 9.86. The molecule has 1 saturated heterocycles. The van der Waals surface area contributed by atoms with Gasteiger partial charge in [-0.3, -0.25) is 14.5 Å². The third-order valence-electron chi connectivity index (χ3n) is 6.68. The van der Waals surface area contributed by atoms with Crippen molar-refractivity contribution in [3.05, 3.63) is 83.4 Å². The number of aromatic hydroxyl groups is 1. The van der Waals surface area contributed by atoms with E-state index in [2.05, 4.69) is 0 Å². The molecule has 0 bridgehead atoms. The van der Waals surface area contributed by atoms with Crippen LogP contribution >= 0.6 is 0 Å². The Morgan fingerprint density at radius 2 is 1.56 bits per heavy atom. The molecule has 0 spiro atoms. The Morgan fingerprint density at radius 1 is 0.882 bits per heavy atom. The number of carbonyl (C=O) groups is 2. The molecule has 0 aliphatic carbocycles. The van der Waals surface area contributed by atoms with Gasteiger partial charge >= 0.3 is 0 Å². The van der Waals surface area contributed by atoms with Gasteiger partial charge < -0.3 is 14.6 Å². The van der Waals surface area contributed by atoms with Crippen molar-refractivity contribution in [3.63, 3.8) is 0 Å². The van der Waals surface area contributed by atoms with E-state index >= 15 is 0 Å². The van der Waals surface area contributed by atoms with Crippen LogP contribution in [0.25, 0.3) is 0 Å². The number of anilines is 1. The van der Waals surface area contributed by atoms with Gasteiger partial charge in [0.2, 0.25) is 5.91 Å². The monoisotopic (exact) mass is 458 g/mol. The summed E-state index contributed by atoms with van der Waals surface area (Å²) in [6.07, 6.45) is 0.754. The molecule has 2 aliphatic heterocycles. The van der Waals surface area contributed by atoms with E-state index in [0.717, 1.165) is 11.1 Å². The summed E-state index contributed by atoms with van der Waals surface area (Å²) in [5, 5.41) is 10.8. The largest absolute Gasteiger partial charge is 0.508 e. The lowest BCUT2D eigenvalue weighted by Crippen LogP contribution is -2.47.